The van der Waals surface area contributed by atoms with Gasteiger partial charge in [-0.05, 0) is 39.7 Å². The summed E-state index contributed by atoms with van der Waals surface area (Å²) >= 11 is 8.21. The van der Waals surface area contributed by atoms with Crippen molar-refractivity contribution in [2.45, 2.75) is 0 Å². The molecule has 5 heteroatoms. The maximum atomic E-state index is 13.3. The summed E-state index contributed by atoms with van der Waals surface area (Å²) < 4.78 is 18.5. The Balaban J connectivity index is 3.35. The molecule has 2 nitrogen and oxygen atoms in total. The quantitative estimate of drug-likeness (QED) is 0.770. The fourth-order valence-corrected chi connectivity index (χ4v) is 1.49. The molecule has 0 aliphatic rings. The minimum atomic E-state index is -0.844. The van der Waals surface area contributed by atoms with Gasteiger partial charge < -0.3 is 4.74 Å². The highest BCUT2D eigenvalue weighted by molar-refractivity contribution is 9.10. The van der Waals surface area contributed by atoms with Crippen LogP contribution in [-0.4, -0.2) is 12.4 Å². The van der Waals surface area contributed by atoms with Crippen LogP contribution in [0.4, 0.5) is 4.39 Å². The van der Waals surface area contributed by atoms with Gasteiger partial charge in [0.05, 0.1) is 17.1 Å². The molecule has 1 rings (SSSR count). The molecule has 0 amide bonds. The molecule has 0 bridgehead atoms. The lowest BCUT2D eigenvalue weighted by Crippen LogP contribution is -1.98. The summed E-state index contributed by atoms with van der Waals surface area (Å²) in [6.07, 6.45) is 0. The van der Waals surface area contributed by atoms with E-state index in [1.807, 2.05) is 0 Å². The van der Waals surface area contributed by atoms with Gasteiger partial charge in [-0.25, -0.2) is 4.39 Å². The van der Waals surface area contributed by atoms with E-state index in [0.717, 1.165) is 0 Å². The summed E-state index contributed by atoms with van der Waals surface area (Å²) in [5.41, 5.74) is -0.193. The first kappa shape index (κ1) is 10.5. The highest BCUT2D eigenvalue weighted by Crippen LogP contribution is 2.30. The molecule has 0 fully saturated rings. The van der Waals surface area contributed by atoms with E-state index < -0.39 is 11.1 Å². The van der Waals surface area contributed by atoms with E-state index in [-0.39, 0.29) is 11.3 Å². The normalized spacial score (nSPS) is 9.85. The molecule has 1 aromatic carbocycles. The molecule has 0 N–H and O–H groups in total. The monoisotopic (exact) mass is 266 g/mol. The van der Waals surface area contributed by atoms with E-state index in [1.165, 1.54) is 19.2 Å². The third kappa shape index (κ3) is 2.00. The lowest BCUT2D eigenvalue weighted by atomic mass is 10.2. The zero-order chi connectivity index (χ0) is 10.0. The summed E-state index contributed by atoms with van der Waals surface area (Å²) in [4.78, 5) is 10.7. The molecule has 13 heavy (non-hydrogen) atoms. The summed E-state index contributed by atoms with van der Waals surface area (Å²) in [7, 11) is 1.31. The van der Waals surface area contributed by atoms with Gasteiger partial charge in [0.15, 0.2) is 11.6 Å². The first-order chi connectivity index (χ1) is 6.07. The highest BCUT2D eigenvalue weighted by atomic mass is 79.9. The zero-order valence-electron chi connectivity index (χ0n) is 6.61. The first-order valence-corrected chi connectivity index (χ1v) is 4.47. The second-order valence-corrected chi connectivity index (χ2v) is 3.41. The molecule has 0 radical (unpaired) electrons. The van der Waals surface area contributed by atoms with Crippen LogP contribution in [0.1, 0.15) is 10.4 Å². The van der Waals surface area contributed by atoms with Crippen molar-refractivity contribution in [1.29, 1.82) is 0 Å². The minimum Gasteiger partial charge on any atom is -0.492 e. The zero-order valence-corrected chi connectivity index (χ0v) is 8.95. The molecule has 0 aliphatic heterocycles. The van der Waals surface area contributed by atoms with Crippen LogP contribution in [0.5, 0.6) is 5.75 Å². The fraction of sp³-hybridized carbons (Fsp3) is 0.125. The molecule has 0 heterocycles. The van der Waals surface area contributed by atoms with Gasteiger partial charge >= 0.3 is 0 Å². The van der Waals surface area contributed by atoms with Gasteiger partial charge in [0.1, 0.15) is 0 Å². The largest absolute Gasteiger partial charge is 0.492 e. The number of benzene rings is 1. The van der Waals surface area contributed by atoms with Crippen LogP contribution in [0.3, 0.4) is 0 Å². The SMILES string of the molecule is COc1c(Br)ccc(C(=O)Cl)c1F. The van der Waals surface area contributed by atoms with Crippen LogP contribution < -0.4 is 4.74 Å². The van der Waals surface area contributed by atoms with E-state index in [4.69, 9.17) is 16.3 Å². The Bertz CT molecular complexity index is 354. The van der Waals surface area contributed by atoms with Gasteiger partial charge in [0.25, 0.3) is 5.24 Å². The predicted molar refractivity (Wildman–Crippen MR) is 50.8 cm³/mol. The molecule has 0 atom stereocenters. The standard InChI is InChI=1S/C8H5BrClFO2/c1-13-7-5(9)3-2-4(6(7)11)8(10)12/h2-3H,1H3. The molecule has 0 unspecified atom stereocenters. The van der Waals surface area contributed by atoms with Crippen molar-refractivity contribution in [3.63, 3.8) is 0 Å². The maximum Gasteiger partial charge on any atom is 0.255 e. The Labute approximate surface area is 87.8 Å². The Morgan fingerprint density at radius 3 is 2.69 bits per heavy atom. The molecule has 70 valence electrons. The number of rotatable bonds is 2. The lowest BCUT2D eigenvalue weighted by Gasteiger charge is -2.06. The van der Waals surface area contributed by atoms with Gasteiger partial charge in [0.2, 0.25) is 0 Å². The summed E-state index contributed by atoms with van der Waals surface area (Å²) in [5, 5.41) is -0.844. The van der Waals surface area contributed by atoms with Crippen molar-refractivity contribution in [3.05, 3.63) is 28.0 Å². The van der Waals surface area contributed by atoms with Gasteiger partial charge in [-0.2, -0.15) is 0 Å². The minimum absolute atomic E-state index is 0.0218. The van der Waals surface area contributed by atoms with Gasteiger partial charge in [-0.15, -0.1) is 0 Å². The average molecular weight is 267 g/mol. The third-order valence-electron chi connectivity index (χ3n) is 1.46. The van der Waals surface area contributed by atoms with Crippen LogP contribution in [-0.2, 0) is 0 Å². The molecular formula is C8H5BrClFO2. The van der Waals surface area contributed by atoms with Gasteiger partial charge in [-0.1, -0.05) is 0 Å². The topological polar surface area (TPSA) is 26.3 Å². The van der Waals surface area contributed by atoms with Gasteiger partial charge in [-0.3, -0.25) is 4.79 Å². The average Bonchev–Trinajstić information content (AvgIpc) is 2.04. The number of carbonyl (C=O) groups is 1. The number of halogens is 3. The van der Waals surface area contributed by atoms with Crippen molar-refractivity contribution in [1.82, 2.24) is 0 Å². The number of carbonyl (C=O) groups excluding carboxylic acids is 1. The summed E-state index contributed by atoms with van der Waals surface area (Å²) in [5.74, 6) is -0.775. The number of ether oxygens (including phenoxy) is 1. The van der Waals surface area contributed by atoms with Crippen molar-refractivity contribution in [2.24, 2.45) is 0 Å². The number of methoxy groups -OCH3 is 1. The van der Waals surface area contributed by atoms with Crippen LogP contribution in [0.15, 0.2) is 16.6 Å². The molecular weight excluding hydrogens is 262 g/mol. The van der Waals surface area contributed by atoms with Crippen molar-refractivity contribution in [3.8, 4) is 5.75 Å². The Hall–Kier alpha value is -0.610. The second kappa shape index (κ2) is 4.07. The fourth-order valence-electron chi connectivity index (χ4n) is 0.871. The molecule has 0 saturated heterocycles. The molecule has 0 saturated carbocycles. The lowest BCUT2D eigenvalue weighted by molar-refractivity contribution is 0.107. The number of hydrogen-bond donors (Lipinski definition) is 0. The number of hydrogen-bond acceptors (Lipinski definition) is 2. The molecule has 1 aromatic rings. The summed E-state index contributed by atoms with van der Waals surface area (Å²) in [6, 6.07) is 2.79. The Morgan fingerprint density at radius 1 is 1.62 bits per heavy atom. The predicted octanol–water partition coefficient (Wildman–Crippen LogP) is 2.98. The van der Waals surface area contributed by atoms with Crippen molar-refractivity contribution in [2.75, 3.05) is 7.11 Å². The maximum absolute atomic E-state index is 13.3. The summed E-state index contributed by atoms with van der Waals surface area (Å²) in [6.45, 7) is 0. The van der Waals surface area contributed by atoms with Crippen LogP contribution in [0, 0.1) is 5.82 Å². The molecule has 0 aromatic heterocycles. The highest BCUT2D eigenvalue weighted by Gasteiger charge is 2.16. The van der Waals surface area contributed by atoms with E-state index in [2.05, 4.69) is 15.9 Å². The molecule has 0 spiro atoms. The van der Waals surface area contributed by atoms with Crippen LogP contribution in [0.2, 0.25) is 0 Å². The van der Waals surface area contributed by atoms with E-state index in [1.54, 1.807) is 0 Å². The van der Waals surface area contributed by atoms with Crippen molar-refractivity contribution >= 4 is 32.8 Å². The molecule has 0 aliphatic carbocycles. The smallest absolute Gasteiger partial charge is 0.255 e. The van der Waals surface area contributed by atoms with E-state index in [0.29, 0.717) is 4.47 Å². The first-order valence-electron chi connectivity index (χ1n) is 3.29. The van der Waals surface area contributed by atoms with Crippen LogP contribution in [0.25, 0.3) is 0 Å². The Kier molecular flexibility index (Phi) is 3.27. The third-order valence-corrected chi connectivity index (χ3v) is 2.29. The van der Waals surface area contributed by atoms with E-state index in [9.17, 15) is 9.18 Å². The van der Waals surface area contributed by atoms with E-state index >= 15 is 0 Å². The van der Waals surface area contributed by atoms with Crippen molar-refractivity contribution < 1.29 is 13.9 Å². The Morgan fingerprint density at radius 2 is 2.23 bits per heavy atom. The van der Waals surface area contributed by atoms with Gasteiger partial charge in [0, 0.05) is 0 Å². The van der Waals surface area contributed by atoms with Crippen LogP contribution >= 0.6 is 27.5 Å². The second-order valence-electron chi connectivity index (χ2n) is 2.22.